The summed E-state index contributed by atoms with van der Waals surface area (Å²) in [6.07, 6.45) is 8.39. The van der Waals surface area contributed by atoms with E-state index in [0.29, 0.717) is 0 Å². The van der Waals surface area contributed by atoms with Crippen LogP contribution in [0.15, 0.2) is 60.8 Å². The van der Waals surface area contributed by atoms with Gasteiger partial charge in [0.15, 0.2) is 6.20 Å². The van der Waals surface area contributed by atoms with E-state index in [9.17, 15) is 0 Å². The zero-order chi connectivity index (χ0) is 17.9. The van der Waals surface area contributed by atoms with Crippen molar-refractivity contribution in [3.63, 3.8) is 0 Å². The van der Waals surface area contributed by atoms with Crippen molar-refractivity contribution in [2.24, 2.45) is 14.1 Å². The highest BCUT2D eigenvalue weighted by molar-refractivity contribution is 5.70. The van der Waals surface area contributed by atoms with Crippen molar-refractivity contribution < 1.29 is 9.13 Å². The van der Waals surface area contributed by atoms with Gasteiger partial charge in [0.1, 0.15) is 14.1 Å². The number of hydrogen-bond acceptors (Lipinski definition) is 0. The molecule has 0 unspecified atom stereocenters. The molecule has 2 heterocycles. The second kappa shape index (κ2) is 7.39. The van der Waals surface area contributed by atoms with E-state index in [-0.39, 0.29) is 0 Å². The average molecular weight is 320 g/mol. The zero-order valence-corrected chi connectivity index (χ0v) is 15.7. The summed E-state index contributed by atoms with van der Waals surface area (Å²) in [5.41, 5.74) is 8.24. The quantitative estimate of drug-likeness (QED) is 0.590. The molecule has 124 valence electrons. The van der Waals surface area contributed by atoms with Crippen LogP contribution in [0.1, 0.15) is 30.7 Å². The first-order valence-corrected chi connectivity index (χ1v) is 8.31. The second-order valence-corrected chi connectivity index (χ2v) is 6.48. The van der Waals surface area contributed by atoms with Crippen LogP contribution in [0.5, 0.6) is 0 Å². The summed E-state index contributed by atoms with van der Waals surface area (Å²) >= 11 is 0. The summed E-state index contributed by atoms with van der Waals surface area (Å²) < 4.78 is 4.39. The molecule has 0 aliphatic heterocycles. The van der Waals surface area contributed by atoms with E-state index in [1.165, 1.54) is 28.1 Å². The van der Waals surface area contributed by atoms with Gasteiger partial charge in [0, 0.05) is 29.8 Å². The van der Waals surface area contributed by atoms with Gasteiger partial charge in [-0.1, -0.05) is 24.3 Å². The molecule has 0 aliphatic rings. The lowest BCUT2D eigenvalue weighted by Gasteiger charge is -2.07. The smallest absolute Gasteiger partial charge is 0.196 e. The van der Waals surface area contributed by atoms with E-state index in [1.807, 2.05) is 13.0 Å². The normalized spacial score (nSPS) is 12.0. The lowest BCUT2D eigenvalue weighted by molar-refractivity contribution is -0.691. The number of aromatic nitrogens is 2. The summed E-state index contributed by atoms with van der Waals surface area (Å²) in [4.78, 5) is 0. The van der Waals surface area contributed by atoms with E-state index in [2.05, 4.69) is 93.2 Å². The van der Waals surface area contributed by atoms with Crippen LogP contribution in [0.2, 0.25) is 0 Å². The van der Waals surface area contributed by atoms with Crippen molar-refractivity contribution in [1.82, 2.24) is 0 Å². The predicted molar refractivity (Wildman–Crippen MR) is 101 cm³/mol. The Hall–Kier alpha value is -2.48. The van der Waals surface area contributed by atoms with Gasteiger partial charge >= 0.3 is 0 Å². The summed E-state index contributed by atoms with van der Waals surface area (Å²) in [5.74, 6) is 0. The SMILES string of the molecule is C=C(C=C(C)C=CC)c1cc(C)cc(-c2cc(C)cc[n+]2C)[n+]1C. The molecule has 0 fully saturated rings. The van der Waals surface area contributed by atoms with Crippen LogP contribution >= 0.6 is 0 Å². The summed E-state index contributed by atoms with van der Waals surface area (Å²) in [5, 5.41) is 0. The molecule has 0 N–H and O–H groups in total. The molecule has 0 aliphatic carbocycles. The Labute approximate surface area is 146 Å². The number of pyridine rings is 2. The molecule has 0 saturated heterocycles. The van der Waals surface area contributed by atoms with E-state index in [0.717, 1.165) is 11.3 Å². The molecule has 2 aromatic rings. The van der Waals surface area contributed by atoms with Crippen molar-refractivity contribution in [2.75, 3.05) is 0 Å². The molecule has 0 amide bonds. The lowest BCUT2D eigenvalue weighted by atomic mass is 10.0. The molecule has 2 rings (SSSR count). The fraction of sp³-hybridized carbons (Fsp3) is 0.273. The number of aryl methyl sites for hydroxylation is 3. The first kappa shape index (κ1) is 17.9. The Morgan fingerprint density at radius 1 is 1.04 bits per heavy atom. The van der Waals surface area contributed by atoms with Gasteiger partial charge in [0.25, 0.3) is 11.4 Å². The van der Waals surface area contributed by atoms with Crippen molar-refractivity contribution in [3.05, 3.63) is 77.7 Å². The lowest BCUT2D eigenvalue weighted by Crippen LogP contribution is -2.41. The minimum absolute atomic E-state index is 1.02. The number of hydrogen-bond donors (Lipinski definition) is 0. The van der Waals surface area contributed by atoms with Gasteiger partial charge in [-0.25, -0.2) is 0 Å². The maximum Gasteiger partial charge on any atom is 0.277 e. The van der Waals surface area contributed by atoms with Crippen molar-refractivity contribution in [2.45, 2.75) is 27.7 Å². The first-order chi connectivity index (χ1) is 11.3. The summed E-state index contributed by atoms with van der Waals surface area (Å²) in [6.45, 7) is 12.7. The molecule has 0 aromatic carbocycles. The fourth-order valence-corrected chi connectivity index (χ4v) is 2.94. The van der Waals surface area contributed by atoms with Crippen LogP contribution in [0.25, 0.3) is 17.0 Å². The monoisotopic (exact) mass is 320 g/mol. The minimum atomic E-state index is 1.02. The molecule has 2 aromatic heterocycles. The van der Waals surface area contributed by atoms with Crippen LogP contribution in [-0.2, 0) is 14.1 Å². The van der Waals surface area contributed by atoms with Gasteiger partial charge in [-0.2, -0.15) is 9.13 Å². The number of rotatable bonds is 4. The Balaban J connectivity index is 2.62. The predicted octanol–water partition coefficient (Wildman–Crippen LogP) is 4.16. The van der Waals surface area contributed by atoms with Crippen LogP contribution in [-0.4, -0.2) is 0 Å². The van der Waals surface area contributed by atoms with Crippen LogP contribution in [0.4, 0.5) is 0 Å². The molecule has 0 bridgehead atoms. The minimum Gasteiger partial charge on any atom is -0.196 e. The third-order valence-electron chi connectivity index (χ3n) is 4.18. The topological polar surface area (TPSA) is 7.76 Å². The van der Waals surface area contributed by atoms with Gasteiger partial charge in [0.05, 0.1) is 0 Å². The molecule has 24 heavy (non-hydrogen) atoms. The zero-order valence-electron chi connectivity index (χ0n) is 15.7. The van der Waals surface area contributed by atoms with E-state index < -0.39 is 0 Å². The Morgan fingerprint density at radius 3 is 2.38 bits per heavy atom. The van der Waals surface area contributed by atoms with Gasteiger partial charge < -0.3 is 0 Å². The second-order valence-electron chi connectivity index (χ2n) is 6.48. The van der Waals surface area contributed by atoms with Crippen molar-refractivity contribution in [3.8, 4) is 11.4 Å². The summed E-state index contributed by atoms with van der Waals surface area (Å²) in [7, 11) is 4.19. The van der Waals surface area contributed by atoms with Crippen molar-refractivity contribution in [1.29, 1.82) is 0 Å². The molecule has 2 heteroatoms. The standard InChI is InChI=1S/C22H28N2/c1-8-9-16(2)12-19(5)20-14-18(4)15-22(24(20)7)21-13-17(3)10-11-23(21)6/h8-15H,5H2,1-4,6-7H3/q+2. The maximum atomic E-state index is 4.29. The molecule has 0 saturated carbocycles. The highest BCUT2D eigenvalue weighted by atomic mass is 15.0. The fourth-order valence-electron chi connectivity index (χ4n) is 2.94. The molecule has 0 spiro atoms. The Bertz CT molecular complexity index is 839. The average Bonchev–Trinajstić information content (AvgIpc) is 2.51. The highest BCUT2D eigenvalue weighted by Gasteiger charge is 2.23. The van der Waals surface area contributed by atoms with E-state index in [1.54, 1.807) is 0 Å². The van der Waals surface area contributed by atoms with Crippen LogP contribution in [0.3, 0.4) is 0 Å². The highest BCUT2D eigenvalue weighted by Crippen LogP contribution is 2.19. The molecule has 0 atom stereocenters. The molecule has 2 nitrogen and oxygen atoms in total. The molecule has 0 radical (unpaired) electrons. The molecular weight excluding hydrogens is 292 g/mol. The van der Waals surface area contributed by atoms with Gasteiger partial charge in [-0.3, -0.25) is 0 Å². The first-order valence-electron chi connectivity index (χ1n) is 8.31. The van der Waals surface area contributed by atoms with E-state index in [4.69, 9.17) is 0 Å². The largest absolute Gasteiger partial charge is 0.277 e. The number of nitrogens with zero attached hydrogens (tertiary/aromatic N) is 2. The van der Waals surface area contributed by atoms with Gasteiger partial charge in [-0.15, -0.1) is 0 Å². The maximum absolute atomic E-state index is 4.29. The van der Waals surface area contributed by atoms with Crippen molar-refractivity contribution >= 4 is 5.57 Å². The van der Waals surface area contributed by atoms with E-state index >= 15 is 0 Å². The number of allylic oxidation sites excluding steroid dienone is 5. The third-order valence-corrected chi connectivity index (χ3v) is 4.18. The Kier molecular flexibility index (Phi) is 5.50. The Morgan fingerprint density at radius 2 is 1.71 bits per heavy atom. The summed E-state index contributed by atoms with van der Waals surface area (Å²) in [6, 6.07) is 8.78. The third kappa shape index (κ3) is 3.88. The van der Waals surface area contributed by atoms with Gasteiger partial charge in [0.2, 0.25) is 5.69 Å². The van der Waals surface area contributed by atoms with Crippen LogP contribution < -0.4 is 9.13 Å². The van der Waals surface area contributed by atoms with Gasteiger partial charge in [-0.05, 0) is 44.9 Å². The van der Waals surface area contributed by atoms with Crippen LogP contribution in [0, 0.1) is 13.8 Å². The molecular formula is C22H28N2+2.